The Morgan fingerprint density at radius 2 is 1.69 bits per heavy atom. The summed E-state index contributed by atoms with van der Waals surface area (Å²) in [6.07, 6.45) is 0.983. The number of hydrogen-bond acceptors (Lipinski definition) is 7. The van der Waals surface area contributed by atoms with E-state index in [-0.39, 0.29) is 19.0 Å². The summed E-state index contributed by atoms with van der Waals surface area (Å²) in [4.78, 5) is 43.3. The fraction of sp³-hybridized carbons (Fsp3) is 0.385. The number of nitrogens with zero attached hydrogens (tertiary/aromatic N) is 4. The Morgan fingerprint density at radius 1 is 1.08 bits per heavy atom. The third kappa shape index (κ3) is 6.07. The monoisotopic (exact) mass is 576 g/mol. The number of nitrogens with one attached hydrogen (secondary N) is 2. The van der Waals surface area contributed by atoms with Gasteiger partial charge in [-0.3, -0.25) is 19.1 Å². The number of aromatic nitrogens is 2. The summed E-state index contributed by atoms with van der Waals surface area (Å²) >= 11 is 0. The van der Waals surface area contributed by atoms with Gasteiger partial charge in [0.05, 0.1) is 41.2 Å². The number of sulfone groups is 1. The van der Waals surface area contributed by atoms with E-state index in [0.29, 0.717) is 17.1 Å². The van der Waals surface area contributed by atoms with Crippen LogP contribution in [0.3, 0.4) is 0 Å². The maximum atomic E-state index is 14.2. The molecule has 3 amide bonds. The average Bonchev–Trinajstić information content (AvgIpc) is 3.15. The summed E-state index contributed by atoms with van der Waals surface area (Å²) in [6.45, 7) is 3.36. The molecule has 4 rings (SSSR count). The first-order valence-corrected chi connectivity index (χ1v) is 14.3. The number of amides is 3. The van der Waals surface area contributed by atoms with Gasteiger partial charge in [0.2, 0.25) is 11.8 Å². The van der Waals surface area contributed by atoms with Crippen molar-refractivity contribution in [2.45, 2.75) is 38.5 Å². The minimum absolute atomic E-state index is 0. The summed E-state index contributed by atoms with van der Waals surface area (Å²) < 4.78 is 25.9. The normalized spacial score (nSPS) is 18.2. The van der Waals surface area contributed by atoms with Gasteiger partial charge in [0.15, 0.2) is 9.84 Å². The van der Waals surface area contributed by atoms with E-state index in [9.17, 15) is 22.8 Å². The van der Waals surface area contributed by atoms with Crippen LogP contribution in [0.4, 0.5) is 11.4 Å². The van der Waals surface area contributed by atoms with Gasteiger partial charge in [0.1, 0.15) is 11.8 Å². The Hall–Kier alpha value is -3.48. The predicted molar refractivity (Wildman–Crippen MR) is 153 cm³/mol. The number of fused-ring (bicyclic) bond motifs is 2. The van der Waals surface area contributed by atoms with Crippen LogP contribution in [-0.4, -0.2) is 73.1 Å². The Kier molecular flexibility index (Phi) is 9.04. The fourth-order valence-corrected chi connectivity index (χ4v) is 5.31. The summed E-state index contributed by atoms with van der Waals surface area (Å²) in [7, 11) is -0.222. The van der Waals surface area contributed by atoms with Crippen molar-refractivity contribution in [3.05, 3.63) is 54.2 Å². The van der Waals surface area contributed by atoms with Crippen LogP contribution in [0.5, 0.6) is 0 Å². The Bertz CT molecular complexity index is 1510. The number of likely N-dealkylation sites (N-methyl/N-ethyl adjacent to an activating group) is 1. The van der Waals surface area contributed by atoms with E-state index in [2.05, 4.69) is 15.7 Å². The quantitative estimate of drug-likeness (QED) is 0.434. The molecule has 3 aromatic rings. The zero-order valence-corrected chi connectivity index (χ0v) is 24.0. The number of carbonyl (C=O) groups excluding carboxylic acids is 3. The predicted octanol–water partition coefficient (Wildman–Crippen LogP) is 1.40. The van der Waals surface area contributed by atoms with E-state index in [1.807, 2.05) is 31.3 Å². The highest BCUT2D eigenvalue weighted by atomic mass is 35.5. The smallest absolute Gasteiger partial charge is 0.252 e. The number of aryl methyl sites for hydroxylation is 1. The molecule has 2 N–H and O–H groups in total. The van der Waals surface area contributed by atoms with E-state index in [1.54, 1.807) is 49.8 Å². The SMILES string of the molecule is CNC(C)C(=O)N[C@@H]1C(=O)N(Cc2nn(C)c3ccccc23)c2ccccc2N(C(=O)CS(C)(=O)=O)[C@H]1C.Cl. The number of anilines is 2. The standard InChI is InChI=1S/C26H32N6O5S.ClH/c1-16(27-3)25(34)28-24-17(2)32(23(33)15-38(5,36)37)22-13-9-8-12-21(22)31(26(24)35)14-19-18-10-6-7-11-20(18)30(4)29-19;/h6-13,16-17,24,27H,14-15H2,1-5H3,(H,28,34);1H/t16?,17-,24-;/m0./s1. The lowest BCUT2D eigenvalue weighted by Gasteiger charge is -2.32. The van der Waals surface area contributed by atoms with Crippen LogP contribution < -0.4 is 20.4 Å². The molecule has 210 valence electrons. The molecule has 13 heteroatoms. The Morgan fingerprint density at radius 3 is 2.33 bits per heavy atom. The van der Waals surface area contributed by atoms with Crippen molar-refractivity contribution in [2.24, 2.45) is 7.05 Å². The molecule has 1 unspecified atom stereocenters. The van der Waals surface area contributed by atoms with Gasteiger partial charge in [0.25, 0.3) is 5.91 Å². The average molecular weight is 577 g/mol. The molecule has 1 aromatic heterocycles. The molecule has 2 aromatic carbocycles. The molecule has 0 radical (unpaired) electrons. The van der Waals surface area contributed by atoms with Crippen molar-refractivity contribution in [1.29, 1.82) is 0 Å². The second-order valence-electron chi connectivity index (χ2n) is 9.57. The zero-order chi connectivity index (χ0) is 27.8. The van der Waals surface area contributed by atoms with Gasteiger partial charge < -0.3 is 20.4 Å². The van der Waals surface area contributed by atoms with Gasteiger partial charge in [0, 0.05) is 18.7 Å². The minimum Gasteiger partial charge on any atom is -0.341 e. The maximum absolute atomic E-state index is 14.2. The van der Waals surface area contributed by atoms with Gasteiger partial charge >= 0.3 is 0 Å². The number of carbonyl (C=O) groups is 3. The minimum atomic E-state index is -3.67. The van der Waals surface area contributed by atoms with Gasteiger partial charge in [-0.2, -0.15) is 5.10 Å². The second kappa shape index (κ2) is 11.7. The van der Waals surface area contributed by atoms with Crippen LogP contribution >= 0.6 is 12.4 Å². The Labute approximate surface area is 233 Å². The number of benzene rings is 2. The Balaban J connectivity index is 0.00000420. The number of halogens is 1. The van der Waals surface area contributed by atoms with Crippen molar-refractivity contribution in [1.82, 2.24) is 20.4 Å². The molecule has 0 saturated carbocycles. The van der Waals surface area contributed by atoms with Crippen LogP contribution in [0, 0.1) is 0 Å². The topological polar surface area (TPSA) is 134 Å². The van der Waals surface area contributed by atoms with Crippen molar-refractivity contribution in [3.63, 3.8) is 0 Å². The van der Waals surface area contributed by atoms with Gasteiger partial charge in [-0.1, -0.05) is 30.3 Å². The van der Waals surface area contributed by atoms with Crippen LogP contribution in [0.25, 0.3) is 10.9 Å². The van der Waals surface area contributed by atoms with E-state index >= 15 is 0 Å². The first-order valence-electron chi connectivity index (χ1n) is 12.2. The molecule has 1 aliphatic heterocycles. The number of para-hydroxylation sites is 3. The highest BCUT2D eigenvalue weighted by molar-refractivity contribution is 7.91. The molecule has 1 aliphatic rings. The summed E-state index contributed by atoms with van der Waals surface area (Å²) in [5, 5.41) is 11.1. The first-order chi connectivity index (χ1) is 17.9. The third-order valence-corrected chi connectivity index (χ3v) is 7.55. The molecular weight excluding hydrogens is 544 g/mol. The number of rotatable bonds is 7. The van der Waals surface area contributed by atoms with Gasteiger partial charge in [-0.05, 0) is 39.1 Å². The highest BCUT2D eigenvalue weighted by Crippen LogP contribution is 2.37. The van der Waals surface area contributed by atoms with E-state index in [1.165, 1.54) is 9.80 Å². The molecule has 39 heavy (non-hydrogen) atoms. The molecule has 0 bridgehead atoms. The molecule has 0 saturated heterocycles. The summed E-state index contributed by atoms with van der Waals surface area (Å²) in [5.41, 5.74) is 2.33. The van der Waals surface area contributed by atoms with Crippen molar-refractivity contribution in [2.75, 3.05) is 28.9 Å². The van der Waals surface area contributed by atoms with E-state index in [0.717, 1.165) is 17.2 Å². The van der Waals surface area contributed by atoms with Crippen LogP contribution in [0.1, 0.15) is 19.5 Å². The van der Waals surface area contributed by atoms with E-state index in [4.69, 9.17) is 0 Å². The number of hydrogen-bond donors (Lipinski definition) is 2. The molecule has 2 heterocycles. The van der Waals surface area contributed by atoms with Crippen LogP contribution in [0.15, 0.2) is 48.5 Å². The summed E-state index contributed by atoms with van der Waals surface area (Å²) in [5.74, 6) is -2.29. The molecule has 0 spiro atoms. The van der Waals surface area contributed by atoms with Crippen LogP contribution in [-0.2, 0) is 37.8 Å². The molecule has 0 fully saturated rings. The largest absolute Gasteiger partial charge is 0.341 e. The second-order valence-corrected chi connectivity index (χ2v) is 11.7. The van der Waals surface area contributed by atoms with Crippen molar-refractivity contribution < 1.29 is 22.8 Å². The molecular formula is C26H33ClN6O5S. The molecule has 3 atom stereocenters. The third-order valence-electron chi connectivity index (χ3n) is 6.77. The highest BCUT2D eigenvalue weighted by Gasteiger charge is 2.43. The summed E-state index contributed by atoms with van der Waals surface area (Å²) in [6, 6.07) is 11.8. The van der Waals surface area contributed by atoms with E-state index < -0.39 is 51.4 Å². The van der Waals surface area contributed by atoms with Crippen molar-refractivity contribution in [3.8, 4) is 0 Å². The zero-order valence-electron chi connectivity index (χ0n) is 22.4. The molecule has 11 nitrogen and oxygen atoms in total. The van der Waals surface area contributed by atoms with Gasteiger partial charge in [-0.15, -0.1) is 12.4 Å². The first kappa shape index (κ1) is 30.1. The lowest BCUT2D eigenvalue weighted by atomic mass is 10.1. The van der Waals surface area contributed by atoms with Gasteiger partial charge in [-0.25, -0.2) is 8.42 Å². The maximum Gasteiger partial charge on any atom is 0.252 e. The van der Waals surface area contributed by atoms with Crippen LogP contribution in [0.2, 0.25) is 0 Å². The molecule has 0 aliphatic carbocycles. The van der Waals surface area contributed by atoms with Crippen molar-refractivity contribution >= 4 is 62.2 Å². The fourth-order valence-electron chi connectivity index (χ4n) is 4.72. The lowest BCUT2D eigenvalue weighted by Crippen LogP contribution is -2.60. The lowest BCUT2D eigenvalue weighted by molar-refractivity contribution is -0.129.